The maximum Gasteiger partial charge on any atom is 0.315 e. The Balaban J connectivity index is 3.70. The second kappa shape index (κ2) is 5.54. The maximum absolute atomic E-state index is 8.55. The summed E-state index contributed by atoms with van der Waals surface area (Å²) in [5.41, 5.74) is 0. The minimum Gasteiger partial charge on any atom is -0.339 e. The second-order valence-corrected chi connectivity index (χ2v) is 3.09. The summed E-state index contributed by atoms with van der Waals surface area (Å²) in [5.74, 6) is -2.87. The van der Waals surface area contributed by atoms with E-state index in [0.717, 1.165) is 19.3 Å². The number of rotatable bonds is 5. The molecule has 0 saturated carbocycles. The zero-order chi connectivity index (χ0) is 9.61. The highest BCUT2D eigenvalue weighted by atomic mass is 35.5. The number of hydrogen-bond acceptors (Lipinski definition) is 3. The highest BCUT2D eigenvalue weighted by molar-refractivity contribution is 6.30. The van der Waals surface area contributed by atoms with Crippen LogP contribution < -0.4 is 0 Å². The Labute approximate surface area is 77.3 Å². The maximum atomic E-state index is 8.55. The molecule has 0 aromatic heterocycles. The van der Waals surface area contributed by atoms with Crippen molar-refractivity contribution >= 4 is 11.6 Å². The van der Waals surface area contributed by atoms with Crippen LogP contribution in [0.4, 0.5) is 0 Å². The standard InChI is InChI=1S/C8H15ClO3/c1-2-3-4-5-6-7(9)8(10,11)12/h6,10-12H,2-5H2,1H3/b7-6-. The molecule has 3 N–H and O–H groups in total. The van der Waals surface area contributed by atoms with Crippen LogP contribution in [0.1, 0.15) is 32.6 Å². The van der Waals surface area contributed by atoms with Gasteiger partial charge in [0.15, 0.2) is 0 Å². The molecule has 0 spiro atoms. The van der Waals surface area contributed by atoms with E-state index in [4.69, 9.17) is 26.9 Å². The van der Waals surface area contributed by atoms with Gasteiger partial charge in [0.1, 0.15) is 5.03 Å². The minimum atomic E-state index is -2.87. The molecule has 0 aliphatic heterocycles. The molecule has 0 rings (SSSR count). The molecule has 0 aromatic carbocycles. The summed E-state index contributed by atoms with van der Waals surface area (Å²) in [5, 5.41) is 25.3. The summed E-state index contributed by atoms with van der Waals surface area (Å²) < 4.78 is 0. The van der Waals surface area contributed by atoms with Gasteiger partial charge in [-0.15, -0.1) is 0 Å². The number of aliphatic hydroxyl groups is 3. The van der Waals surface area contributed by atoms with Crippen LogP contribution in [-0.2, 0) is 0 Å². The molecule has 4 heteroatoms. The van der Waals surface area contributed by atoms with Crippen molar-refractivity contribution < 1.29 is 15.3 Å². The van der Waals surface area contributed by atoms with Gasteiger partial charge in [-0.05, 0) is 12.8 Å². The van der Waals surface area contributed by atoms with E-state index in [0.29, 0.717) is 6.42 Å². The first kappa shape index (κ1) is 11.9. The van der Waals surface area contributed by atoms with E-state index in [1.54, 1.807) is 0 Å². The van der Waals surface area contributed by atoms with Crippen LogP contribution >= 0.6 is 11.6 Å². The zero-order valence-electron chi connectivity index (χ0n) is 7.13. The Morgan fingerprint density at radius 3 is 2.33 bits per heavy atom. The Bertz CT molecular complexity index is 149. The van der Waals surface area contributed by atoms with E-state index < -0.39 is 5.97 Å². The van der Waals surface area contributed by atoms with E-state index in [1.807, 2.05) is 0 Å². The summed E-state index contributed by atoms with van der Waals surface area (Å²) in [7, 11) is 0. The lowest BCUT2D eigenvalue weighted by molar-refractivity contribution is -0.277. The van der Waals surface area contributed by atoms with Gasteiger partial charge >= 0.3 is 5.97 Å². The lowest BCUT2D eigenvalue weighted by Crippen LogP contribution is -2.27. The van der Waals surface area contributed by atoms with Crippen LogP contribution in [0.5, 0.6) is 0 Å². The molecule has 72 valence electrons. The predicted molar refractivity (Wildman–Crippen MR) is 47.5 cm³/mol. The zero-order valence-corrected chi connectivity index (χ0v) is 7.88. The Morgan fingerprint density at radius 2 is 1.92 bits per heavy atom. The molecule has 0 aliphatic carbocycles. The number of hydrogen-bond donors (Lipinski definition) is 3. The van der Waals surface area contributed by atoms with Crippen LogP contribution in [0.15, 0.2) is 11.1 Å². The Kier molecular flexibility index (Phi) is 5.50. The van der Waals surface area contributed by atoms with Gasteiger partial charge in [0.05, 0.1) is 0 Å². The van der Waals surface area contributed by atoms with Gasteiger partial charge in [0.25, 0.3) is 0 Å². The summed E-state index contributed by atoms with van der Waals surface area (Å²) >= 11 is 5.35. The largest absolute Gasteiger partial charge is 0.339 e. The van der Waals surface area contributed by atoms with E-state index in [2.05, 4.69) is 6.92 Å². The second-order valence-electron chi connectivity index (χ2n) is 2.68. The summed E-state index contributed by atoms with van der Waals surface area (Å²) in [6.07, 6.45) is 5.15. The van der Waals surface area contributed by atoms with Gasteiger partial charge < -0.3 is 15.3 Å². The third-order valence-corrected chi connectivity index (χ3v) is 1.86. The molecule has 0 bridgehead atoms. The first-order valence-corrected chi connectivity index (χ1v) is 4.39. The fourth-order valence-corrected chi connectivity index (χ4v) is 0.869. The van der Waals surface area contributed by atoms with Gasteiger partial charge in [-0.1, -0.05) is 37.4 Å². The molecule has 0 aliphatic rings. The fraction of sp³-hybridized carbons (Fsp3) is 0.750. The van der Waals surface area contributed by atoms with Gasteiger partial charge in [0, 0.05) is 0 Å². The Hall–Kier alpha value is -0.0900. The van der Waals surface area contributed by atoms with Crippen molar-refractivity contribution in [3.63, 3.8) is 0 Å². The van der Waals surface area contributed by atoms with Crippen molar-refractivity contribution in [2.75, 3.05) is 0 Å². The molecule has 0 atom stereocenters. The van der Waals surface area contributed by atoms with E-state index in [-0.39, 0.29) is 5.03 Å². The SMILES string of the molecule is CCCCC/C=C(\Cl)C(O)(O)O. The molecule has 3 nitrogen and oxygen atoms in total. The predicted octanol–water partition coefficient (Wildman–Crippen LogP) is 1.32. The Morgan fingerprint density at radius 1 is 1.33 bits per heavy atom. The van der Waals surface area contributed by atoms with Crippen molar-refractivity contribution in [1.82, 2.24) is 0 Å². The fourth-order valence-electron chi connectivity index (χ4n) is 0.760. The molecule has 0 aromatic rings. The quantitative estimate of drug-likeness (QED) is 0.457. The van der Waals surface area contributed by atoms with Crippen molar-refractivity contribution in [3.8, 4) is 0 Å². The van der Waals surface area contributed by atoms with E-state index >= 15 is 0 Å². The molecule has 0 radical (unpaired) electrons. The van der Waals surface area contributed by atoms with Gasteiger partial charge in [-0.3, -0.25) is 0 Å². The first-order valence-electron chi connectivity index (χ1n) is 4.01. The van der Waals surface area contributed by atoms with Crippen LogP contribution in [0.2, 0.25) is 0 Å². The van der Waals surface area contributed by atoms with Gasteiger partial charge in [-0.25, -0.2) is 0 Å². The van der Waals surface area contributed by atoms with Crippen molar-refractivity contribution in [2.45, 2.75) is 38.6 Å². The van der Waals surface area contributed by atoms with Crippen molar-refractivity contribution in [2.24, 2.45) is 0 Å². The lowest BCUT2D eigenvalue weighted by Gasteiger charge is -2.11. The molecule has 0 amide bonds. The average molecular weight is 195 g/mol. The van der Waals surface area contributed by atoms with Crippen LogP contribution in [0.25, 0.3) is 0 Å². The van der Waals surface area contributed by atoms with Crippen LogP contribution in [-0.4, -0.2) is 21.3 Å². The van der Waals surface area contributed by atoms with Gasteiger partial charge in [0.2, 0.25) is 0 Å². The molecule has 0 unspecified atom stereocenters. The molecule has 12 heavy (non-hydrogen) atoms. The number of unbranched alkanes of at least 4 members (excludes halogenated alkanes) is 3. The lowest BCUT2D eigenvalue weighted by atomic mass is 10.2. The minimum absolute atomic E-state index is 0.335. The van der Waals surface area contributed by atoms with Crippen molar-refractivity contribution in [3.05, 3.63) is 11.1 Å². The van der Waals surface area contributed by atoms with Crippen LogP contribution in [0, 0.1) is 0 Å². The molecular weight excluding hydrogens is 180 g/mol. The number of halogens is 1. The molecule has 0 heterocycles. The molecular formula is C8H15ClO3. The number of allylic oxidation sites excluding steroid dienone is 1. The molecule has 0 fully saturated rings. The summed E-state index contributed by atoms with van der Waals surface area (Å²) in [4.78, 5) is 0. The third kappa shape index (κ3) is 5.55. The van der Waals surface area contributed by atoms with Crippen molar-refractivity contribution in [1.29, 1.82) is 0 Å². The van der Waals surface area contributed by atoms with Gasteiger partial charge in [-0.2, -0.15) is 0 Å². The smallest absolute Gasteiger partial charge is 0.315 e. The summed E-state index contributed by atoms with van der Waals surface area (Å²) in [6.45, 7) is 2.07. The van der Waals surface area contributed by atoms with E-state index in [1.165, 1.54) is 6.08 Å². The summed E-state index contributed by atoms with van der Waals surface area (Å²) in [6, 6.07) is 0. The highest BCUT2D eigenvalue weighted by Gasteiger charge is 2.22. The normalized spacial score (nSPS) is 13.6. The first-order chi connectivity index (χ1) is 5.48. The van der Waals surface area contributed by atoms with Crippen LogP contribution in [0.3, 0.4) is 0 Å². The third-order valence-electron chi connectivity index (χ3n) is 1.45. The average Bonchev–Trinajstić information content (AvgIpc) is 1.96. The highest BCUT2D eigenvalue weighted by Crippen LogP contribution is 2.16. The monoisotopic (exact) mass is 194 g/mol. The van der Waals surface area contributed by atoms with E-state index in [9.17, 15) is 0 Å². The molecule has 0 saturated heterocycles. The topological polar surface area (TPSA) is 60.7 Å².